The van der Waals surface area contributed by atoms with E-state index in [-0.39, 0.29) is 24.7 Å². The van der Waals surface area contributed by atoms with Crippen LogP contribution in [0.15, 0.2) is 18.2 Å². The van der Waals surface area contributed by atoms with Gasteiger partial charge in [0.15, 0.2) is 6.61 Å². The van der Waals surface area contributed by atoms with Crippen molar-refractivity contribution in [2.75, 3.05) is 31.2 Å². The summed E-state index contributed by atoms with van der Waals surface area (Å²) in [7, 11) is 0. The van der Waals surface area contributed by atoms with Crippen molar-refractivity contribution >= 4 is 17.6 Å². The zero-order valence-corrected chi connectivity index (χ0v) is 14.1. The zero-order valence-electron chi connectivity index (χ0n) is 14.1. The van der Waals surface area contributed by atoms with Gasteiger partial charge in [0, 0.05) is 19.2 Å². The molecule has 7 nitrogen and oxygen atoms in total. The highest BCUT2D eigenvalue weighted by Crippen LogP contribution is 2.37. The van der Waals surface area contributed by atoms with Crippen LogP contribution in [-0.4, -0.2) is 49.8 Å². The van der Waals surface area contributed by atoms with Crippen LogP contribution in [0.2, 0.25) is 0 Å². The average Bonchev–Trinajstić information content (AvgIpc) is 2.53. The maximum Gasteiger partial charge on any atom is 0.328 e. The minimum atomic E-state index is -0.726. The molecule has 7 heteroatoms. The van der Waals surface area contributed by atoms with Gasteiger partial charge in [-0.1, -0.05) is 0 Å². The van der Waals surface area contributed by atoms with E-state index in [0.29, 0.717) is 17.2 Å². The second kappa shape index (κ2) is 6.32. The third-order valence-corrected chi connectivity index (χ3v) is 4.19. The first-order valence-electron chi connectivity index (χ1n) is 8.09. The molecule has 0 aromatic heterocycles. The van der Waals surface area contributed by atoms with E-state index in [2.05, 4.69) is 5.32 Å². The fourth-order valence-corrected chi connectivity index (χ4v) is 2.84. The number of benzene rings is 1. The van der Waals surface area contributed by atoms with E-state index in [1.807, 2.05) is 13.0 Å². The van der Waals surface area contributed by atoms with Gasteiger partial charge < -0.3 is 19.5 Å². The lowest BCUT2D eigenvalue weighted by Gasteiger charge is -2.40. The van der Waals surface area contributed by atoms with E-state index >= 15 is 0 Å². The van der Waals surface area contributed by atoms with Crippen molar-refractivity contribution in [3.8, 4) is 11.5 Å². The Morgan fingerprint density at radius 2 is 2.21 bits per heavy atom. The molecule has 1 N–H and O–H groups in total. The number of nitrogens with zero attached hydrogens (tertiary/aromatic N) is 1. The average molecular weight is 334 g/mol. The van der Waals surface area contributed by atoms with Crippen LogP contribution in [0, 0.1) is 0 Å². The summed E-state index contributed by atoms with van der Waals surface area (Å²) in [5, 5.41) is 3.17. The molecule has 0 spiro atoms. The number of carbonyl (C=O) groups excluding carboxylic acids is 2. The number of esters is 1. The van der Waals surface area contributed by atoms with Gasteiger partial charge in [0.2, 0.25) is 0 Å². The second-order valence-electron chi connectivity index (χ2n) is 6.27. The van der Waals surface area contributed by atoms with E-state index in [9.17, 15) is 9.59 Å². The molecule has 1 aromatic carbocycles. The molecular formula is C17H22N2O5. The molecule has 1 amide bonds. The number of anilines is 1. The van der Waals surface area contributed by atoms with E-state index in [1.165, 1.54) is 4.90 Å². The Balaban J connectivity index is 1.89. The van der Waals surface area contributed by atoms with Crippen molar-refractivity contribution in [3.05, 3.63) is 18.2 Å². The largest absolute Gasteiger partial charge is 0.485 e. The summed E-state index contributed by atoms with van der Waals surface area (Å²) in [6.45, 7) is 7.10. The van der Waals surface area contributed by atoms with Gasteiger partial charge >= 0.3 is 5.97 Å². The summed E-state index contributed by atoms with van der Waals surface area (Å²) in [4.78, 5) is 25.8. The van der Waals surface area contributed by atoms with Crippen LogP contribution < -0.4 is 19.7 Å². The fraction of sp³-hybridized carbons (Fsp3) is 0.529. The minimum absolute atomic E-state index is 0.0986. The number of fused-ring (bicyclic) bond motifs is 1. The van der Waals surface area contributed by atoms with Gasteiger partial charge in [-0.2, -0.15) is 0 Å². The Labute approximate surface area is 140 Å². The third kappa shape index (κ3) is 3.03. The Morgan fingerprint density at radius 3 is 2.83 bits per heavy atom. The second-order valence-corrected chi connectivity index (χ2v) is 6.27. The lowest BCUT2D eigenvalue weighted by Crippen LogP contribution is -2.61. The smallest absolute Gasteiger partial charge is 0.328 e. The van der Waals surface area contributed by atoms with Crippen molar-refractivity contribution in [2.24, 2.45) is 0 Å². The monoisotopic (exact) mass is 334 g/mol. The molecule has 2 heterocycles. The summed E-state index contributed by atoms with van der Waals surface area (Å²) in [5.41, 5.74) is 0.269. The summed E-state index contributed by atoms with van der Waals surface area (Å²) in [5.74, 6) is 0.462. The van der Waals surface area contributed by atoms with Crippen LogP contribution in [0.3, 0.4) is 0 Å². The SMILES string of the molecule is CCOC(=O)C(C)N1C(=O)COc2ccc(OC3(C)CNC3)cc21. The zero-order chi connectivity index (χ0) is 17.3. The number of hydrogen-bond acceptors (Lipinski definition) is 6. The van der Waals surface area contributed by atoms with Gasteiger partial charge in [0.1, 0.15) is 23.1 Å². The van der Waals surface area contributed by atoms with Crippen LogP contribution in [0.1, 0.15) is 20.8 Å². The molecule has 1 atom stereocenters. The number of hydrogen-bond donors (Lipinski definition) is 1. The van der Waals surface area contributed by atoms with Gasteiger partial charge in [0.25, 0.3) is 5.91 Å². The normalized spacial score (nSPS) is 19.6. The van der Waals surface area contributed by atoms with E-state index in [1.54, 1.807) is 26.0 Å². The van der Waals surface area contributed by atoms with Gasteiger partial charge in [-0.15, -0.1) is 0 Å². The van der Waals surface area contributed by atoms with Crippen LogP contribution in [0.5, 0.6) is 11.5 Å². The minimum Gasteiger partial charge on any atom is -0.485 e. The quantitative estimate of drug-likeness (QED) is 0.813. The number of nitrogens with one attached hydrogen (secondary N) is 1. The van der Waals surface area contributed by atoms with Crippen LogP contribution in [0.4, 0.5) is 5.69 Å². The van der Waals surface area contributed by atoms with Crippen LogP contribution in [-0.2, 0) is 14.3 Å². The van der Waals surface area contributed by atoms with Crippen molar-refractivity contribution in [1.82, 2.24) is 5.32 Å². The molecule has 1 fully saturated rings. The number of carbonyl (C=O) groups is 2. The topological polar surface area (TPSA) is 77.1 Å². The summed E-state index contributed by atoms with van der Waals surface area (Å²) in [6, 6.07) is 4.59. The van der Waals surface area contributed by atoms with Crippen molar-refractivity contribution in [1.29, 1.82) is 0 Å². The molecule has 2 aliphatic rings. The van der Waals surface area contributed by atoms with E-state index < -0.39 is 12.0 Å². The lowest BCUT2D eigenvalue weighted by atomic mass is 10.00. The molecule has 1 unspecified atom stereocenters. The summed E-state index contributed by atoms with van der Waals surface area (Å²) < 4.78 is 16.5. The molecule has 1 saturated heterocycles. The Kier molecular flexibility index (Phi) is 4.36. The van der Waals surface area contributed by atoms with E-state index in [0.717, 1.165) is 13.1 Å². The highest BCUT2D eigenvalue weighted by Gasteiger charge is 2.36. The molecule has 0 aliphatic carbocycles. The first-order valence-corrected chi connectivity index (χ1v) is 8.09. The standard InChI is InChI=1S/C17H22N2O5/c1-4-22-16(21)11(2)19-13-7-12(24-17(3)9-18-10-17)5-6-14(13)23-8-15(19)20/h5-7,11,18H,4,8-10H2,1-3H3. The molecule has 2 aliphatic heterocycles. The first kappa shape index (κ1) is 16.6. The van der Waals surface area contributed by atoms with Crippen molar-refractivity contribution < 1.29 is 23.8 Å². The molecular weight excluding hydrogens is 312 g/mol. The molecule has 24 heavy (non-hydrogen) atoms. The first-order chi connectivity index (χ1) is 11.4. The lowest BCUT2D eigenvalue weighted by molar-refractivity contribution is -0.145. The van der Waals surface area contributed by atoms with E-state index in [4.69, 9.17) is 14.2 Å². The predicted octanol–water partition coefficient (Wildman–Crippen LogP) is 1.10. The summed E-state index contributed by atoms with van der Waals surface area (Å²) >= 11 is 0. The third-order valence-electron chi connectivity index (χ3n) is 4.19. The van der Waals surface area contributed by atoms with Gasteiger partial charge in [-0.25, -0.2) is 4.79 Å². The molecule has 0 saturated carbocycles. The maximum atomic E-state index is 12.3. The highest BCUT2D eigenvalue weighted by atomic mass is 16.5. The number of ether oxygens (including phenoxy) is 3. The van der Waals surface area contributed by atoms with Gasteiger partial charge in [0.05, 0.1) is 12.3 Å². The van der Waals surface area contributed by atoms with Gasteiger partial charge in [-0.05, 0) is 32.9 Å². The van der Waals surface area contributed by atoms with Crippen molar-refractivity contribution in [3.63, 3.8) is 0 Å². The molecule has 0 bridgehead atoms. The fourth-order valence-electron chi connectivity index (χ4n) is 2.84. The Hall–Kier alpha value is -2.28. The predicted molar refractivity (Wildman–Crippen MR) is 87.4 cm³/mol. The Bertz CT molecular complexity index is 656. The van der Waals surface area contributed by atoms with Crippen LogP contribution in [0.25, 0.3) is 0 Å². The molecule has 1 aromatic rings. The molecule has 0 radical (unpaired) electrons. The molecule has 3 rings (SSSR count). The number of amides is 1. The van der Waals surface area contributed by atoms with Crippen LogP contribution >= 0.6 is 0 Å². The van der Waals surface area contributed by atoms with Gasteiger partial charge in [-0.3, -0.25) is 9.69 Å². The highest BCUT2D eigenvalue weighted by molar-refractivity contribution is 6.02. The Morgan fingerprint density at radius 1 is 1.46 bits per heavy atom. The molecule has 130 valence electrons. The number of rotatable bonds is 5. The maximum absolute atomic E-state index is 12.3. The van der Waals surface area contributed by atoms with Crippen molar-refractivity contribution in [2.45, 2.75) is 32.4 Å². The summed E-state index contributed by atoms with van der Waals surface area (Å²) in [6.07, 6.45) is 0.